The highest BCUT2D eigenvalue weighted by molar-refractivity contribution is 6.06. The zero-order valence-corrected chi connectivity index (χ0v) is 14.8. The highest BCUT2D eigenvalue weighted by Gasteiger charge is 2.14. The largest absolute Gasteiger partial charge is 0.326 e. The molecule has 0 radical (unpaired) electrons. The van der Waals surface area contributed by atoms with Gasteiger partial charge in [0.05, 0.1) is 5.69 Å². The molecule has 0 spiro atoms. The molecule has 0 aliphatic rings. The van der Waals surface area contributed by atoms with Crippen LogP contribution in [-0.2, 0) is 7.05 Å². The lowest BCUT2D eigenvalue weighted by molar-refractivity contribution is 0.258. The lowest BCUT2D eigenvalue weighted by Crippen LogP contribution is -2.32. The maximum Gasteiger partial charge on any atom is 0.326 e. The van der Waals surface area contributed by atoms with Crippen LogP contribution in [-0.4, -0.2) is 17.6 Å². The van der Waals surface area contributed by atoms with Gasteiger partial charge in [-0.1, -0.05) is 24.3 Å². The molecule has 0 aliphatic heterocycles. The molecule has 25 heavy (non-hydrogen) atoms. The maximum atomic E-state index is 12.7. The van der Waals surface area contributed by atoms with Crippen molar-refractivity contribution in [3.63, 3.8) is 0 Å². The Balaban J connectivity index is 1.95. The number of urea groups is 1. The Kier molecular flexibility index (Phi) is 4.31. The minimum Gasteiger partial charge on any atom is -0.316 e. The number of aromatic nitrogens is 1. The van der Waals surface area contributed by atoms with E-state index in [0.717, 1.165) is 16.6 Å². The molecule has 0 bridgehead atoms. The van der Waals surface area contributed by atoms with Gasteiger partial charge < -0.3 is 9.88 Å². The first-order valence-corrected chi connectivity index (χ1v) is 8.09. The molecule has 0 saturated carbocycles. The Morgan fingerprint density at radius 3 is 2.40 bits per heavy atom. The van der Waals surface area contributed by atoms with Gasteiger partial charge in [0.2, 0.25) is 0 Å². The number of carbonyl (C=O) groups excluding carboxylic acids is 1. The van der Waals surface area contributed by atoms with E-state index in [9.17, 15) is 9.59 Å². The van der Waals surface area contributed by atoms with Crippen LogP contribution in [0.5, 0.6) is 0 Å². The van der Waals surface area contributed by atoms with Crippen LogP contribution in [0.3, 0.4) is 0 Å². The summed E-state index contributed by atoms with van der Waals surface area (Å²) in [5.74, 6) is 0. The summed E-state index contributed by atoms with van der Waals surface area (Å²) in [5.41, 5.74) is 3.65. The topological polar surface area (TPSA) is 54.3 Å². The summed E-state index contributed by atoms with van der Waals surface area (Å²) in [6.45, 7) is 4.06. The molecule has 0 unspecified atom stereocenters. The van der Waals surface area contributed by atoms with Gasteiger partial charge in [0, 0.05) is 36.8 Å². The molecule has 0 aliphatic carbocycles. The first-order valence-electron chi connectivity index (χ1n) is 8.09. The van der Waals surface area contributed by atoms with Gasteiger partial charge in [0.15, 0.2) is 0 Å². The van der Waals surface area contributed by atoms with E-state index in [0.29, 0.717) is 11.1 Å². The van der Waals surface area contributed by atoms with Crippen LogP contribution in [0, 0.1) is 13.8 Å². The van der Waals surface area contributed by atoms with E-state index in [1.165, 1.54) is 10.1 Å². The van der Waals surface area contributed by atoms with Gasteiger partial charge in [-0.3, -0.25) is 9.69 Å². The van der Waals surface area contributed by atoms with Crippen molar-refractivity contribution in [2.75, 3.05) is 17.3 Å². The number of hydrogen-bond donors (Lipinski definition) is 1. The quantitative estimate of drug-likeness (QED) is 0.774. The lowest BCUT2D eigenvalue weighted by atomic mass is 10.1. The van der Waals surface area contributed by atoms with Crippen LogP contribution in [0.15, 0.2) is 53.5 Å². The van der Waals surface area contributed by atoms with E-state index < -0.39 is 0 Å². The number of hydrogen-bond acceptors (Lipinski definition) is 2. The molecule has 128 valence electrons. The van der Waals surface area contributed by atoms with Gasteiger partial charge in [-0.2, -0.15) is 0 Å². The Labute approximate surface area is 146 Å². The number of rotatable bonds is 2. The minimum atomic E-state index is -0.257. The fourth-order valence-electron chi connectivity index (χ4n) is 2.77. The van der Waals surface area contributed by atoms with Gasteiger partial charge in [-0.15, -0.1) is 0 Å². The number of benzene rings is 2. The third-order valence-electron chi connectivity index (χ3n) is 4.51. The summed E-state index contributed by atoms with van der Waals surface area (Å²) in [5, 5.41) is 4.22. The summed E-state index contributed by atoms with van der Waals surface area (Å²) >= 11 is 0. The maximum absolute atomic E-state index is 12.7. The standard InChI is InChI=1S/C20H21N3O2/c1-13-9-10-15(11-14(13)2)23(4)20(25)21-18-12-22(3)19(24)17-8-6-5-7-16(17)18/h5-12H,1-4H3,(H,21,25). The van der Waals surface area contributed by atoms with Gasteiger partial charge in [-0.25, -0.2) is 4.79 Å². The molecule has 3 aromatic rings. The molecule has 3 rings (SSSR count). The van der Waals surface area contributed by atoms with Crippen molar-refractivity contribution in [1.29, 1.82) is 0 Å². The van der Waals surface area contributed by atoms with Crippen molar-refractivity contribution in [2.24, 2.45) is 7.05 Å². The first-order chi connectivity index (χ1) is 11.9. The molecule has 1 N–H and O–H groups in total. The minimum absolute atomic E-state index is 0.0869. The molecule has 0 atom stereocenters. The van der Waals surface area contributed by atoms with E-state index >= 15 is 0 Å². The van der Waals surface area contributed by atoms with Crippen molar-refractivity contribution in [1.82, 2.24) is 4.57 Å². The summed E-state index contributed by atoms with van der Waals surface area (Å²) < 4.78 is 1.48. The molecule has 0 saturated heterocycles. The lowest BCUT2D eigenvalue weighted by Gasteiger charge is -2.20. The van der Waals surface area contributed by atoms with Crippen LogP contribution in [0.1, 0.15) is 11.1 Å². The molecule has 2 amide bonds. The van der Waals surface area contributed by atoms with Crippen molar-refractivity contribution < 1.29 is 4.79 Å². The van der Waals surface area contributed by atoms with Gasteiger partial charge in [0.1, 0.15) is 0 Å². The average Bonchev–Trinajstić information content (AvgIpc) is 2.61. The third-order valence-corrected chi connectivity index (χ3v) is 4.51. The zero-order chi connectivity index (χ0) is 18.1. The Morgan fingerprint density at radius 1 is 1.04 bits per heavy atom. The number of amides is 2. The number of nitrogens with zero attached hydrogens (tertiary/aromatic N) is 2. The van der Waals surface area contributed by atoms with Crippen molar-refractivity contribution >= 4 is 28.2 Å². The Hall–Kier alpha value is -3.08. The van der Waals surface area contributed by atoms with Crippen LogP contribution in [0.4, 0.5) is 16.2 Å². The monoisotopic (exact) mass is 335 g/mol. The third kappa shape index (κ3) is 3.13. The Bertz CT molecular complexity index is 1020. The number of anilines is 2. The molecule has 5 heteroatoms. The van der Waals surface area contributed by atoms with Gasteiger partial charge >= 0.3 is 6.03 Å². The number of fused-ring (bicyclic) bond motifs is 1. The Morgan fingerprint density at radius 2 is 1.72 bits per heavy atom. The number of pyridine rings is 1. The van der Waals surface area contributed by atoms with Gasteiger partial charge in [-0.05, 0) is 43.2 Å². The van der Waals surface area contributed by atoms with Crippen LogP contribution < -0.4 is 15.8 Å². The van der Waals surface area contributed by atoms with Crippen LogP contribution in [0.25, 0.3) is 10.8 Å². The molecule has 1 aromatic heterocycles. The summed E-state index contributed by atoms with van der Waals surface area (Å²) in [4.78, 5) is 26.5. The first kappa shape index (κ1) is 16.8. The summed E-state index contributed by atoms with van der Waals surface area (Å²) in [6, 6.07) is 12.9. The van der Waals surface area contributed by atoms with Gasteiger partial charge in [0.25, 0.3) is 5.56 Å². The zero-order valence-electron chi connectivity index (χ0n) is 14.8. The molecule has 0 fully saturated rings. The van der Waals surface area contributed by atoms with Crippen molar-refractivity contribution in [2.45, 2.75) is 13.8 Å². The second-order valence-corrected chi connectivity index (χ2v) is 6.26. The van der Waals surface area contributed by atoms with E-state index in [1.807, 2.05) is 50.2 Å². The average molecular weight is 335 g/mol. The number of carbonyl (C=O) groups is 1. The molecule has 1 heterocycles. The highest BCUT2D eigenvalue weighted by Crippen LogP contribution is 2.22. The second-order valence-electron chi connectivity index (χ2n) is 6.26. The highest BCUT2D eigenvalue weighted by atomic mass is 16.2. The fourth-order valence-corrected chi connectivity index (χ4v) is 2.77. The molecular formula is C20H21N3O2. The fraction of sp³-hybridized carbons (Fsp3) is 0.200. The normalized spacial score (nSPS) is 10.7. The van der Waals surface area contributed by atoms with E-state index in [1.54, 1.807) is 31.3 Å². The summed E-state index contributed by atoms with van der Waals surface area (Å²) in [7, 11) is 3.40. The van der Waals surface area contributed by atoms with Crippen molar-refractivity contribution in [3.8, 4) is 0 Å². The molecule has 2 aromatic carbocycles. The smallest absolute Gasteiger partial charge is 0.316 e. The van der Waals surface area contributed by atoms with E-state index in [4.69, 9.17) is 0 Å². The second kappa shape index (κ2) is 6.43. The predicted octanol–water partition coefficient (Wildman–Crippen LogP) is 3.82. The predicted molar refractivity (Wildman–Crippen MR) is 103 cm³/mol. The van der Waals surface area contributed by atoms with Crippen molar-refractivity contribution in [3.05, 3.63) is 70.1 Å². The molecular weight excluding hydrogens is 314 g/mol. The van der Waals surface area contributed by atoms with E-state index in [2.05, 4.69) is 5.32 Å². The van der Waals surface area contributed by atoms with Crippen LogP contribution >= 0.6 is 0 Å². The van der Waals surface area contributed by atoms with Crippen LogP contribution in [0.2, 0.25) is 0 Å². The SMILES string of the molecule is Cc1ccc(N(C)C(=O)Nc2cn(C)c(=O)c3ccccc23)cc1C. The van der Waals surface area contributed by atoms with E-state index in [-0.39, 0.29) is 11.6 Å². The molecule has 5 nitrogen and oxygen atoms in total. The number of nitrogens with one attached hydrogen (secondary N) is 1. The number of aryl methyl sites for hydroxylation is 3. The summed E-state index contributed by atoms with van der Waals surface area (Å²) in [6.07, 6.45) is 1.65.